The number of carbonyl (C=O) groups is 1. The number of hydrogen-bond donors (Lipinski definition) is 2. The van der Waals surface area contributed by atoms with Crippen molar-refractivity contribution >= 4 is 32.7 Å². The third kappa shape index (κ3) is 2.76. The number of carbonyl (C=O) groups excluding carboxylic acids is 1. The molecule has 0 spiro atoms. The number of nitrogens with one attached hydrogen (secondary N) is 1. The van der Waals surface area contributed by atoms with Gasteiger partial charge in [-0.25, -0.2) is 10.8 Å². The van der Waals surface area contributed by atoms with E-state index in [1.165, 1.54) is 4.57 Å². The summed E-state index contributed by atoms with van der Waals surface area (Å²) < 4.78 is 2.33. The maximum absolute atomic E-state index is 12.8. The first-order valence-corrected chi connectivity index (χ1v) is 7.61. The number of hydrazine groups is 1. The van der Waals surface area contributed by atoms with Crippen LogP contribution in [0.15, 0.2) is 51.7 Å². The summed E-state index contributed by atoms with van der Waals surface area (Å²) in [6.07, 6.45) is 0. The number of halogens is 1. The van der Waals surface area contributed by atoms with Gasteiger partial charge in [-0.15, -0.1) is 0 Å². The molecule has 3 rings (SSSR count). The number of benzene rings is 2. The van der Waals surface area contributed by atoms with E-state index in [0.717, 1.165) is 4.47 Å². The van der Waals surface area contributed by atoms with E-state index >= 15 is 0 Å². The van der Waals surface area contributed by atoms with Crippen LogP contribution in [-0.2, 0) is 0 Å². The summed E-state index contributed by atoms with van der Waals surface area (Å²) in [6.45, 7) is 1.77. The van der Waals surface area contributed by atoms with Crippen molar-refractivity contribution in [3.05, 3.63) is 68.7 Å². The van der Waals surface area contributed by atoms with Gasteiger partial charge < -0.3 is 0 Å². The number of fused-ring (bicyclic) bond motifs is 1. The molecular formula is C16H13BrN4O2. The van der Waals surface area contributed by atoms with Crippen molar-refractivity contribution in [2.75, 3.05) is 0 Å². The molecular weight excluding hydrogens is 360 g/mol. The van der Waals surface area contributed by atoms with E-state index in [1.807, 2.05) is 6.07 Å². The molecule has 0 bridgehead atoms. The maximum atomic E-state index is 12.8. The minimum atomic E-state index is -0.388. The molecule has 3 aromatic rings. The van der Waals surface area contributed by atoms with Gasteiger partial charge >= 0.3 is 0 Å². The Balaban J connectivity index is 2.19. The van der Waals surface area contributed by atoms with Gasteiger partial charge in [0.25, 0.3) is 11.5 Å². The third-order valence-corrected chi connectivity index (χ3v) is 4.01. The average Bonchev–Trinajstić information content (AvgIpc) is 2.55. The topological polar surface area (TPSA) is 90.0 Å². The van der Waals surface area contributed by atoms with E-state index in [0.29, 0.717) is 28.0 Å². The number of amides is 1. The predicted molar refractivity (Wildman–Crippen MR) is 91.4 cm³/mol. The monoisotopic (exact) mass is 372 g/mol. The van der Waals surface area contributed by atoms with Gasteiger partial charge in [-0.05, 0) is 49.4 Å². The number of nitrogens with zero attached hydrogens (tertiary/aromatic N) is 2. The molecule has 7 heteroatoms. The lowest BCUT2D eigenvalue weighted by molar-refractivity contribution is 0.0953. The zero-order chi connectivity index (χ0) is 16.6. The largest absolute Gasteiger partial charge is 0.290 e. The molecule has 0 atom stereocenters. The number of aryl methyl sites for hydroxylation is 1. The average molecular weight is 373 g/mol. The van der Waals surface area contributed by atoms with Crippen LogP contribution in [0.4, 0.5) is 0 Å². The van der Waals surface area contributed by atoms with Crippen LogP contribution in [0.1, 0.15) is 16.2 Å². The van der Waals surface area contributed by atoms with Crippen molar-refractivity contribution in [1.29, 1.82) is 0 Å². The smallest absolute Gasteiger partial charge is 0.265 e. The van der Waals surface area contributed by atoms with Crippen molar-refractivity contribution in [3.8, 4) is 5.69 Å². The highest BCUT2D eigenvalue weighted by molar-refractivity contribution is 9.10. The van der Waals surface area contributed by atoms with Gasteiger partial charge in [0.05, 0.1) is 16.6 Å². The Hall–Kier alpha value is -2.51. The fourth-order valence-corrected chi connectivity index (χ4v) is 2.78. The van der Waals surface area contributed by atoms with E-state index in [9.17, 15) is 9.59 Å². The SMILES string of the molecule is Cc1nc2ccc(Br)cc2c(=O)n1-c1ccc(C(=O)NN)cc1. The molecule has 0 aliphatic heterocycles. The molecule has 0 aliphatic carbocycles. The number of rotatable bonds is 2. The van der Waals surface area contributed by atoms with E-state index < -0.39 is 0 Å². The molecule has 116 valence electrons. The Labute approximate surface area is 140 Å². The second kappa shape index (κ2) is 5.94. The lowest BCUT2D eigenvalue weighted by Crippen LogP contribution is -2.30. The van der Waals surface area contributed by atoms with Crippen LogP contribution in [0.5, 0.6) is 0 Å². The Morgan fingerprint density at radius 1 is 1.22 bits per heavy atom. The van der Waals surface area contributed by atoms with Crippen LogP contribution in [0.2, 0.25) is 0 Å². The van der Waals surface area contributed by atoms with Gasteiger partial charge in [0, 0.05) is 10.0 Å². The number of hydrogen-bond acceptors (Lipinski definition) is 4. The van der Waals surface area contributed by atoms with Crippen LogP contribution < -0.4 is 16.8 Å². The molecule has 0 aliphatic rings. The quantitative estimate of drug-likeness (QED) is 0.409. The van der Waals surface area contributed by atoms with E-state index in [1.54, 1.807) is 43.3 Å². The molecule has 0 unspecified atom stereocenters. The van der Waals surface area contributed by atoms with Crippen molar-refractivity contribution in [3.63, 3.8) is 0 Å². The summed E-state index contributed by atoms with van der Waals surface area (Å²) in [5.74, 6) is 5.29. The predicted octanol–water partition coefficient (Wildman–Crippen LogP) is 2.06. The molecule has 2 aromatic carbocycles. The number of nitrogens with two attached hydrogens (primary N) is 1. The summed E-state index contributed by atoms with van der Waals surface area (Å²) in [5, 5.41) is 0.522. The van der Waals surface area contributed by atoms with Gasteiger partial charge in [0.1, 0.15) is 5.82 Å². The normalized spacial score (nSPS) is 10.7. The van der Waals surface area contributed by atoms with Crippen molar-refractivity contribution in [1.82, 2.24) is 15.0 Å². The first kappa shape index (κ1) is 15.4. The highest BCUT2D eigenvalue weighted by Crippen LogP contribution is 2.17. The minimum Gasteiger partial charge on any atom is -0.290 e. The van der Waals surface area contributed by atoms with Crippen LogP contribution in [0, 0.1) is 6.92 Å². The third-order valence-electron chi connectivity index (χ3n) is 3.52. The number of aromatic nitrogens is 2. The van der Waals surface area contributed by atoms with Crippen molar-refractivity contribution in [2.24, 2.45) is 5.84 Å². The fourth-order valence-electron chi connectivity index (χ4n) is 2.42. The van der Waals surface area contributed by atoms with Gasteiger partial charge in [0.15, 0.2) is 0 Å². The Morgan fingerprint density at radius 2 is 1.91 bits per heavy atom. The second-order valence-corrected chi connectivity index (χ2v) is 5.90. The van der Waals surface area contributed by atoms with E-state index in [4.69, 9.17) is 5.84 Å². The second-order valence-electron chi connectivity index (χ2n) is 4.98. The molecule has 1 amide bonds. The maximum Gasteiger partial charge on any atom is 0.265 e. The first-order valence-electron chi connectivity index (χ1n) is 6.81. The molecule has 0 radical (unpaired) electrons. The molecule has 23 heavy (non-hydrogen) atoms. The van der Waals surface area contributed by atoms with Gasteiger partial charge in [-0.3, -0.25) is 19.6 Å². The standard InChI is InChI=1S/C16H13BrN4O2/c1-9-19-14-7-4-11(17)8-13(14)16(23)21(9)12-5-2-10(3-6-12)15(22)20-18/h2-8H,18H2,1H3,(H,20,22). The molecule has 0 fully saturated rings. The zero-order valence-electron chi connectivity index (χ0n) is 12.2. The molecule has 1 aromatic heterocycles. The fraction of sp³-hybridized carbons (Fsp3) is 0.0625. The van der Waals surface area contributed by atoms with E-state index in [2.05, 4.69) is 26.3 Å². The molecule has 0 saturated carbocycles. The molecule has 0 saturated heterocycles. The summed E-state index contributed by atoms with van der Waals surface area (Å²) >= 11 is 3.37. The Morgan fingerprint density at radius 3 is 2.57 bits per heavy atom. The highest BCUT2D eigenvalue weighted by atomic mass is 79.9. The number of nitrogen functional groups attached to an aromatic ring is 1. The zero-order valence-corrected chi connectivity index (χ0v) is 13.8. The Kier molecular flexibility index (Phi) is 3.97. The Bertz CT molecular complexity index is 964. The van der Waals surface area contributed by atoms with Gasteiger partial charge in [-0.2, -0.15) is 0 Å². The van der Waals surface area contributed by atoms with E-state index in [-0.39, 0.29) is 11.5 Å². The van der Waals surface area contributed by atoms with Crippen LogP contribution >= 0.6 is 15.9 Å². The van der Waals surface area contributed by atoms with Crippen molar-refractivity contribution < 1.29 is 4.79 Å². The van der Waals surface area contributed by atoms with Crippen LogP contribution in [-0.4, -0.2) is 15.5 Å². The molecule has 1 heterocycles. The first-order chi connectivity index (χ1) is 11.0. The van der Waals surface area contributed by atoms with Gasteiger partial charge in [0.2, 0.25) is 0 Å². The molecule has 3 N–H and O–H groups in total. The van der Waals surface area contributed by atoms with Crippen molar-refractivity contribution in [2.45, 2.75) is 6.92 Å². The summed E-state index contributed by atoms with van der Waals surface area (Å²) in [6, 6.07) is 12.0. The van der Waals surface area contributed by atoms with Crippen LogP contribution in [0.3, 0.4) is 0 Å². The highest BCUT2D eigenvalue weighted by Gasteiger charge is 2.11. The lowest BCUT2D eigenvalue weighted by Gasteiger charge is -2.11. The lowest BCUT2D eigenvalue weighted by atomic mass is 10.2. The summed E-state index contributed by atoms with van der Waals surface area (Å²) in [7, 11) is 0. The summed E-state index contributed by atoms with van der Waals surface area (Å²) in [4.78, 5) is 28.7. The summed E-state index contributed by atoms with van der Waals surface area (Å²) in [5.41, 5.74) is 3.60. The molecule has 6 nitrogen and oxygen atoms in total. The van der Waals surface area contributed by atoms with Gasteiger partial charge in [-0.1, -0.05) is 15.9 Å². The van der Waals surface area contributed by atoms with Crippen LogP contribution in [0.25, 0.3) is 16.6 Å². The minimum absolute atomic E-state index is 0.162.